The van der Waals surface area contributed by atoms with Crippen LogP contribution in [0.15, 0.2) is 26.8 Å². The number of carboxylic acids is 1. The smallest absolute Gasteiger partial charge is 0.212 e. The number of thioether (sulfide) groups is 1. The first kappa shape index (κ1) is 16.8. The van der Waals surface area contributed by atoms with E-state index in [0.717, 1.165) is 36.2 Å². The van der Waals surface area contributed by atoms with E-state index in [1.54, 1.807) is 10.9 Å². The van der Waals surface area contributed by atoms with Crippen LogP contribution in [0.2, 0.25) is 0 Å². The Morgan fingerprint density at radius 1 is 1.42 bits per heavy atom. The molecule has 8 heteroatoms. The van der Waals surface area contributed by atoms with Crippen LogP contribution in [-0.4, -0.2) is 32.8 Å². The molecule has 1 aliphatic rings. The number of furan rings is 1. The van der Waals surface area contributed by atoms with E-state index in [4.69, 9.17) is 4.42 Å². The highest BCUT2D eigenvalue weighted by Crippen LogP contribution is 2.33. The van der Waals surface area contributed by atoms with E-state index in [2.05, 4.69) is 15.3 Å². The Morgan fingerprint density at radius 2 is 2.21 bits per heavy atom. The zero-order chi connectivity index (χ0) is 16.9. The van der Waals surface area contributed by atoms with Crippen molar-refractivity contribution in [2.75, 3.05) is 5.75 Å². The lowest BCUT2D eigenvalue weighted by Gasteiger charge is -2.20. The molecule has 1 fully saturated rings. The molecule has 0 aromatic carbocycles. The summed E-state index contributed by atoms with van der Waals surface area (Å²) in [5, 5.41) is 24.0. The highest BCUT2D eigenvalue weighted by Gasteiger charge is 2.23. The first-order chi connectivity index (χ1) is 11.6. The van der Waals surface area contributed by atoms with Gasteiger partial charge in [-0.1, -0.05) is 31.0 Å². The lowest BCUT2D eigenvalue weighted by atomic mass is 9.89. The van der Waals surface area contributed by atoms with Gasteiger partial charge in [0.15, 0.2) is 5.82 Å². The van der Waals surface area contributed by atoms with Gasteiger partial charge >= 0.3 is 0 Å². The van der Waals surface area contributed by atoms with Crippen LogP contribution in [0.25, 0.3) is 0 Å². The maximum absolute atomic E-state index is 10.7. The molecule has 3 rings (SSSR count). The highest BCUT2D eigenvalue weighted by molar-refractivity contribution is 7.99. The Bertz CT molecular complexity index is 732. The average Bonchev–Trinajstić information content (AvgIpc) is 3.17. The Kier molecular flexibility index (Phi) is 5.34. The molecular weight excluding hydrogens is 328 g/mol. The van der Waals surface area contributed by atoms with E-state index < -0.39 is 5.97 Å². The van der Waals surface area contributed by atoms with Gasteiger partial charge in [-0.05, 0) is 31.9 Å². The van der Waals surface area contributed by atoms with Crippen molar-refractivity contribution in [1.82, 2.24) is 14.9 Å². The molecular formula is C16H19N4O3S-. The first-order valence-corrected chi connectivity index (χ1v) is 9.01. The predicted molar refractivity (Wildman–Crippen MR) is 88.0 cm³/mol. The van der Waals surface area contributed by atoms with Crippen molar-refractivity contribution >= 4 is 23.9 Å². The molecule has 2 aromatic rings. The number of aromatic nitrogens is 3. The predicted octanol–water partition coefficient (Wildman–Crippen LogP) is 1.95. The maximum Gasteiger partial charge on any atom is 0.212 e. The normalized spacial score (nSPS) is 16.0. The van der Waals surface area contributed by atoms with Crippen molar-refractivity contribution in [2.24, 2.45) is 5.10 Å². The molecule has 0 N–H and O–H groups in total. The van der Waals surface area contributed by atoms with Gasteiger partial charge in [0, 0.05) is 11.7 Å². The van der Waals surface area contributed by atoms with Gasteiger partial charge in [0.2, 0.25) is 5.16 Å². The molecule has 128 valence electrons. The highest BCUT2D eigenvalue weighted by atomic mass is 32.2. The van der Waals surface area contributed by atoms with E-state index in [9.17, 15) is 9.90 Å². The summed E-state index contributed by atoms with van der Waals surface area (Å²) in [5.41, 5.74) is 0. The second kappa shape index (κ2) is 7.65. The van der Waals surface area contributed by atoms with E-state index in [1.807, 2.05) is 19.1 Å². The van der Waals surface area contributed by atoms with E-state index in [0.29, 0.717) is 16.8 Å². The van der Waals surface area contributed by atoms with Gasteiger partial charge in [-0.25, -0.2) is 0 Å². The molecule has 0 unspecified atom stereocenters. The van der Waals surface area contributed by atoms with Crippen LogP contribution in [0.5, 0.6) is 0 Å². The summed E-state index contributed by atoms with van der Waals surface area (Å²) in [6.45, 7) is 1.87. The van der Waals surface area contributed by atoms with Gasteiger partial charge in [0.25, 0.3) is 0 Å². The van der Waals surface area contributed by atoms with Gasteiger partial charge in [0.05, 0.1) is 12.2 Å². The van der Waals surface area contributed by atoms with Gasteiger partial charge in [0.1, 0.15) is 11.5 Å². The van der Waals surface area contributed by atoms with Crippen LogP contribution in [0.3, 0.4) is 0 Å². The Morgan fingerprint density at radius 3 is 2.88 bits per heavy atom. The molecule has 1 saturated carbocycles. The molecule has 0 bridgehead atoms. The summed E-state index contributed by atoms with van der Waals surface area (Å²) in [6.07, 6.45) is 7.29. The number of carbonyl (C=O) groups is 1. The summed E-state index contributed by atoms with van der Waals surface area (Å²) in [7, 11) is 0. The molecule has 1 aliphatic carbocycles. The van der Waals surface area contributed by atoms with Crippen LogP contribution in [0.1, 0.15) is 55.4 Å². The minimum absolute atomic E-state index is 0.182. The third-order valence-corrected chi connectivity index (χ3v) is 4.88. The monoisotopic (exact) mass is 347 g/mol. The largest absolute Gasteiger partial charge is 0.549 e. The second-order valence-corrected chi connectivity index (χ2v) is 6.78. The van der Waals surface area contributed by atoms with Crippen molar-refractivity contribution in [1.29, 1.82) is 0 Å². The van der Waals surface area contributed by atoms with Gasteiger partial charge in [-0.15, -0.1) is 10.2 Å². The standard InChI is InChI=1S/C16H20N4O3S/c1-11-7-8-13(23-11)9-17-20-15(12-5-3-2-4-6-12)18-19-16(20)24-10-14(21)22/h7-9,12H,2-6,10H2,1H3,(H,21,22)/p-1/b17-9-. The minimum Gasteiger partial charge on any atom is -0.549 e. The number of rotatable bonds is 6. The topological polar surface area (TPSA) is 96.3 Å². The molecule has 0 aliphatic heterocycles. The van der Waals surface area contributed by atoms with Crippen molar-refractivity contribution < 1.29 is 14.3 Å². The minimum atomic E-state index is -1.14. The van der Waals surface area contributed by atoms with Crippen LogP contribution < -0.4 is 5.11 Å². The molecule has 0 saturated heterocycles. The number of carboxylic acid groups (broad SMARTS) is 1. The number of hydrogen-bond donors (Lipinski definition) is 0. The van der Waals surface area contributed by atoms with E-state index in [-0.39, 0.29) is 5.75 Å². The fourth-order valence-corrected chi connectivity index (χ4v) is 3.46. The maximum atomic E-state index is 10.7. The van der Waals surface area contributed by atoms with Gasteiger partial charge in [-0.2, -0.15) is 9.78 Å². The van der Waals surface area contributed by atoms with Crippen molar-refractivity contribution in [2.45, 2.75) is 50.1 Å². The van der Waals surface area contributed by atoms with Crippen molar-refractivity contribution in [3.8, 4) is 0 Å². The van der Waals surface area contributed by atoms with Crippen LogP contribution in [-0.2, 0) is 4.79 Å². The Hall–Kier alpha value is -2.09. The first-order valence-electron chi connectivity index (χ1n) is 8.02. The quantitative estimate of drug-likeness (QED) is 0.585. The number of hydrogen-bond acceptors (Lipinski definition) is 7. The van der Waals surface area contributed by atoms with Gasteiger partial charge < -0.3 is 14.3 Å². The number of aryl methyl sites for hydroxylation is 1. The van der Waals surface area contributed by atoms with E-state index >= 15 is 0 Å². The molecule has 0 amide bonds. The van der Waals surface area contributed by atoms with E-state index in [1.165, 1.54) is 19.3 Å². The summed E-state index contributed by atoms with van der Waals surface area (Å²) in [6, 6.07) is 3.69. The van der Waals surface area contributed by atoms with Crippen LogP contribution in [0, 0.1) is 6.92 Å². The molecule has 24 heavy (non-hydrogen) atoms. The summed E-state index contributed by atoms with van der Waals surface area (Å²) in [4.78, 5) is 10.7. The molecule has 7 nitrogen and oxygen atoms in total. The zero-order valence-corrected chi connectivity index (χ0v) is 14.3. The molecule has 2 heterocycles. The number of carbonyl (C=O) groups excluding carboxylic acids is 1. The van der Waals surface area contributed by atoms with Crippen molar-refractivity contribution in [3.63, 3.8) is 0 Å². The van der Waals surface area contributed by atoms with Crippen LogP contribution in [0.4, 0.5) is 0 Å². The third-order valence-electron chi connectivity index (χ3n) is 3.99. The molecule has 0 radical (unpaired) electrons. The molecule has 0 spiro atoms. The number of nitrogens with zero attached hydrogens (tertiary/aromatic N) is 4. The lowest BCUT2D eigenvalue weighted by molar-refractivity contribution is -0.301. The van der Waals surface area contributed by atoms with Gasteiger partial charge in [-0.3, -0.25) is 0 Å². The lowest BCUT2D eigenvalue weighted by Crippen LogP contribution is -2.24. The van der Waals surface area contributed by atoms with Crippen LogP contribution >= 0.6 is 11.8 Å². The fourth-order valence-electron chi connectivity index (χ4n) is 2.85. The fraction of sp³-hybridized carbons (Fsp3) is 0.500. The van der Waals surface area contributed by atoms with Crippen molar-refractivity contribution in [3.05, 3.63) is 29.5 Å². The SMILES string of the molecule is Cc1ccc(/C=N\n2c(SCC(=O)[O-])nnc2C2CCCCC2)o1. The Labute approximate surface area is 144 Å². The Balaban J connectivity index is 1.87. The molecule has 2 aromatic heterocycles. The third kappa shape index (κ3) is 4.05. The summed E-state index contributed by atoms with van der Waals surface area (Å²) in [5.74, 6) is 1.21. The summed E-state index contributed by atoms with van der Waals surface area (Å²) >= 11 is 1.06. The molecule has 0 atom stereocenters. The second-order valence-electron chi connectivity index (χ2n) is 5.84. The average molecular weight is 347 g/mol. The number of aliphatic carboxylic acids is 1. The summed E-state index contributed by atoms with van der Waals surface area (Å²) < 4.78 is 7.13. The zero-order valence-electron chi connectivity index (χ0n) is 13.5.